The zero-order chi connectivity index (χ0) is 19.6. The van der Waals surface area contributed by atoms with Crippen LogP contribution in [0.2, 0.25) is 10.0 Å². The van der Waals surface area contributed by atoms with Crippen LogP contribution in [0.15, 0.2) is 34.2 Å². The number of aliphatic imine (C=N–C) groups is 1. The van der Waals surface area contributed by atoms with Gasteiger partial charge in [-0.25, -0.2) is 4.99 Å². The molecule has 0 unspecified atom stereocenters. The third-order valence-electron chi connectivity index (χ3n) is 4.22. The van der Waals surface area contributed by atoms with E-state index in [2.05, 4.69) is 20.9 Å². The summed E-state index contributed by atoms with van der Waals surface area (Å²) in [5.74, 6) is -0.182. The lowest BCUT2D eigenvalue weighted by atomic mass is 10.2. The Morgan fingerprint density at radius 3 is 2.85 bits per heavy atom. The third-order valence-corrected chi connectivity index (χ3v) is 5.94. The van der Waals surface area contributed by atoms with Gasteiger partial charge in [-0.1, -0.05) is 29.3 Å². The molecule has 1 aliphatic heterocycles. The van der Waals surface area contributed by atoms with Crippen LogP contribution in [0, 0.1) is 13.8 Å². The minimum absolute atomic E-state index is 0.182. The molecule has 8 heteroatoms. The van der Waals surface area contributed by atoms with Gasteiger partial charge in [0.2, 0.25) is 0 Å². The summed E-state index contributed by atoms with van der Waals surface area (Å²) in [6.45, 7) is 5.49. The van der Waals surface area contributed by atoms with E-state index in [1.165, 1.54) is 11.8 Å². The van der Waals surface area contributed by atoms with Crippen LogP contribution in [0.4, 0.5) is 5.69 Å². The van der Waals surface area contributed by atoms with Crippen molar-refractivity contribution in [1.29, 1.82) is 0 Å². The van der Waals surface area contributed by atoms with Crippen LogP contribution in [-0.2, 0) is 16.1 Å². The van der Waals surface area contributed by atoms with E-state index in [0.29, 0.717) is 32.4 Å². The van der Waals surface area contributed by atoms with E-state index in [4.69, 9.17) is 27.9 Å². The molecule has 142 valence electrons. The number of hydrogen-bond acceptors (Lipinski definition) is 4. The predicted octanol–water partition coefficient (Wildman–Crippen LogP) is 4.95. The molecule has 0 bridgehead atoms. The fourth-order valence-corrected chi connectivity index (χ4v) is 3.97. The van der Waals surface area contributed by atoms with Crippen molar-refractivity contribution in [2.75, 3.05) is 13.7 Å². The van der Waals surface area contributed by atoms with Gasteiger partial charge in [-0.05, 0) is 55.4 Å². The Morgan fingerprint density at radius 2 is 2.11 bits per heavy atom. The maximum Gasteiger partial charge on any atom is 0.264 e. The summed E-state index contributed by atoms with van der Waals surface area (Å²) in [7, 11) is 1.68. The fraction of sp³-hybridized carbons (Fsp3) is 0.263. The highest BCUT2D eigenvalue weighted by atomic mass is 35.5. The van der Waals surface area contributed by atoms with Crippen molar-refractivity contribution < 1.29 is 9.53 Å². The Hall–Kier alpha value is -1.73. The molecular formula is C19H19Cl2N3O2S. The molecule has 2 aromatic rings. The number of halogens is 2. The Kier molecular flexibility index (Phi) is 6.32. The van der Waals surface area contributed by atoms with Crippen LogP contribution < -0.4 is 5.32 Å². The molecule has 1 amide bonds. The highest BCUT2D eigenvalue weighted by Crippen LogP contribution is 2.34. The van der Waals surface area contributed by atoms with E-state index >= 15 is 0 Å². The number of benzene rings is 1. The Labute approximate surface area is 172 Å². The third kappa shape index (κ3) is 4.41. The quantitative estimate of drug-likeness (QED) is 0.691. The molecular weight excluding hydrogens is 405 g/mol. The van der Waals surface area contributed by atoms with E-state index in [1.54, 1.807) is 25.3 Å². The van der Waals surface area contributed by atoms with Crippen LogP contribution in [0.25, 0.3) is 6.08 Å². The van der Waals surface area contributed by atoms with Crippen molar-refractivity contribution in [3.63, 3.8) is 0 Å². The standard InChI is InChI=1S/C19H19Cl2N3O2S/c1-11-9-13(12(2)24(11)7-8-26-3)10-16-18(25)23-19(27-16)22-15-6-4-5-14(20)17(15)21/h4-6,9-10H,7-8H2,1-3H3,(H,22,23,25). The lowest BCUT2D eigenvalue weighted by molar-refractivity contribution is -0.115. The second-order valence-electron chi connectivity index (χ2n) is 6.03. The van der Waals surface area contributed by atoms with Crippen molar-refractivity contribution in [2.45, 2.75) is 20.4 Å². The first-order chi connectivity index (χ1) is 12.9. The van der Waals surface area contributed by atoms with E-state index < -0.39 is 0 Å². The maximum atomic E-state index is 12.3. The maximum absolute atomic E-state index is 12.3. The predicted molar refractivity (Wildman–Crippen MR) is 113 cm³/mol. The topological polar surface area (TPSA) is 55.6 Å². The first kappa shape index (κ1) is 20.0. The van der Waals surface area contributed by atoms with Crippen LogP contribution in [-0.4, -0.2) is 29.4 Å². The molecule has 0 atom stereocenters. The van der Waals surface area contributed by atoms with Crippen LogP contribution >= 0.6 is 35.0 Å². The molecule has 1 saturated heterocycles. The second-order valence-corrected chi connectivity index (χ2v) is 7.84. The number of amides is 1. The van der Waals surface area contributed by atoms with Gasteiger partial charge in [-0.3, -0.25) is 4.79 Å². The minimum Gasteiger partial charge on any atom is -0.383 e. The van der Waals surface area contributed by atoms with Gasteiger partial charge < -0.3 is 14.6 Å². The van der Waals surface area contributed by atoms with Crippen molar-refractivity contribution in [3.05, 3.63) is 56.2 Å². The number of thioether (sulfide) groups is 1. The molecule has 1 aromatic heterocycles. The zero-order valence-corrected chi connectivity index (χ0v) is 17.5. The highest BCUT2D eigenvalue weighted by Gasteiger charge is 2.25. The van der Waals surface area contributed by atoms with E-state index in [0.717, 1.165) is 23.5 Å². The Bertz CT molecular complexity index is 951. The summed E-state index contributed by atoms with van der Waals surface area (Å²) in [5.41, 5.74) is 3.74. The molecule has 0 aliphatic carbocycles. The van der Waals surface area contributed by atoms with Crippen molar-refractivity contribution in [3.8, 4) is 0 Å². The molecule has 1 fully saturated rings. The first-order valence-corrected chi connectivity index (χ1v) is 9.87. The molecule has 0 radical (unpaired) electrons. The van der Waals surface area contributed by atoms with Gasteiger partial charge in [0.1, 0.15) is 0 Å². The number of amidine groups is 1. The lowest BCUT2D eigenvalue weighted by Crippen LogP contribution is -2.19. The molecule has 0 spiro atoms. The van der Waals surface area contributed by atoms with Crippen molar-refractivity contribution >= 4 is 57.8 Å². The normalized spacial score (nSPS) is 17.1. The van der Waals surface area contributed by atoms with Crippen molar-refractivity contribution in [1.82, 2.24) is 9.88 Å². The Morgan fingerprint density at radius 1 is 1.33 bits per heavy atom. The largest absolute Gasteiger partial charge is 0.383 e. The summed E-state index contributed by atoms with van der Waals surface area (Å²) in [6.07, 6.45) is 1.88. The lowest BCUT2D eigenvalue weighted by Gasteiger charge is -2.08. The summed E-state index contributed by atoms with van der Waals surface area (Å²) in [6, 6.07) is 7.27. The summed E-state index contributed by atoms with van der Waals surface area (Å²) in [5, 5.41) is 4.03. The zero-order valence-electron chi connectivity index (χ0n) is 15.2. The number of nitrogens with zero attached hydrogens (tertiary/aromatic N) is 2. The molecule has 27 heavy (non-hydrogen) atoms. The monoisotopic (exact) mass is 423 g/mol. The van der Waals surface area contributed by atoms with Gasteiger partial charge in [0.25, 0.3) is 5.91 Å². The number of hydrogen-bond donors (Lipinski definition) is 1. The number of rotatable bonds is 5. The number of ether oxygens (including phenoxy) is 1. The van der Waals surface area contributed by atoms with E-state index in [9.17, 15) is 4.79 Å². The average molecular weight is 424 g/mol. The summed E-state index contributed by atoms with van der Waals surface area (Å²) < 4.78 is 7.34. The van der Waals surface area contributed by atoms with Crippen LogP contribution in [0.1, 0.15) is 17.0 Å². The number of carbonyl (C=O) groups is 1. The van der Waals surface area contributed by atoms with Crippen LogP contribution in [0.5, 0.6) is 0 Å². The minimum atomic E-state index is -0.182. The summed E-state index contributed by atoms with van der Waals surface area (Å²) >= 11 is 13.5. The van der Waals surface area contributed by atoms with Gasteiger partial charge in [0.15, 0.2) is 5.17 Å². The SMILES string of the molecule is COCCn1c(C)cc(C=C2SC(=Nc3cccc(Cl)c3Cl)NC2=O)c1C. The van der Waals surface area contributed by atoms with Crippen molar-refractivity contribution in [2.24, 2.45) is 4.99 Å². The molecule has 5 nitrogen and oxygen atoms in total. The fourth-order valence-electron chi connectivity index (χ4n) is 2.81. The average Bonchev–Trinajstić information content (AvgIpc) is 3.10. The summed E-state index contributed by atoms with van der Waals surface area (Å²) in [4.78, 5) is 17.3. The molecule has 1 aliphatic rings. The number of nitrogens with one attached hydrogen (secondary N) is 1. The molecule has 1 aromatic carbocycles. The molecule has 0 saturated carbocycles. The first-order valence-electron chi connectivity index (χ1n) is 8.30. The van der Waals surface area contributed by atoms with Gasteiger partial charge in [-0.2, -0.15) is 0 Å². The molecule has 2 heterocycles. The Balaban J connectivity index is 1.86. The molecule has 1 N–H and O–H groups in total. The van der Waals surface area contributed by atoms with Gasteiger partial charge >= 0.3 is 0 Å². The number of carbonyl (C=O) groups excluding carboxylic acids is 1. The second kappa shape index (κ2) is 8.52. The van der Waals surface area contributed by atoms with Gasteiger partial charge in [0, 0.05) is 25.0 Å². The van der Waals surface area contributed by atoms with Gasteiger partial charge in [-0.15, -0.1) is 0 Å². The smallest absolute Gasteiger partial charge is 0.264 e. The van der Waals surface area contributed by atoms with Gasteiger partial charge in [0.05, 0.1) is 27.2 Å². The van der Waals surface area contributed by atoms with E-state index in [1.807, 2.05) is 19.9 Å². The number of aryl methyl sites for hydroxylation is 1. The molecule has 3 rings (SSSR count). The van der Waals surface area contributed by atoms with Crippen LogP contribution in [0.3, 0.4) is 0 Å². The number of aromatic nitrogens is 1. The van der Waals surface area contributed by atoms with E-state index in [-0.39, 0.29) is 5.91 Å². The number of methoxy groups -OCH3 is 1. The highest BCUT2D eigenvalue weighted by molar-refractivity contribution is 8.18.